The Bertz CT molecular complexity index is 1340. The van der Waals surface area contributed by atoms with Gasteiger partial charge in [0, 0.05) is 12.8 Å². The van der Waals surface area contributed by atoms with Gasteiger partial charge >= 0.3 is 5.97 Å². The van der Waals surface area contributed by atoms with Gasteiger partial charge in [0.1, 0.15) is 0 Å². The van der Waals surface area contributed by atoms with E-state index in [1.165, 1.54) is 334 Å². The third-order valence-electron chi connectivity index (χ3n) is 17.7. The number of hydrogen-bond acceptors (Lipinski definition) is 5. The van der Waals surface area contributed by atoms with Crippen molar-refractivity contribution in [3.8, 4) is 0 Å². The van der Waals surface area contributed by atoms with Gasteiger partial charge in [0.05, 0.1) is 25.4 Å². The first-order valence-electron chi connectivity index (χ1n) is 37.7. The van der Waals surface area contributed by atoms with Crippen molar-refractivity contribution >= 4 is 11.9 Å². The molecule has 0 saturated heterocycles. The highest BCUT2D eigenvalue weighted by molar-refractivity contribution is 5.76. The Labute approximate surface area is 519 Å². The molecule has 2 atom stereocenters. The van der Waals surface area contributed by atoms with Crippen LogP contribution in [0.25, 0.3) is 0 Å². The number of amides is 1. The van der Waals surface area contributed by atoms with Gasteiger partial charge in [0.15, 0.2) is 0 Å². The number of esters is 1. The average Bonchev–Trinajstić information content (AvgIpc) is 3.48. The van der Waals surface area contributed by atoms with E-state index in [0.29, 0.717) is 25.9 Å². The number of hydrogen-bond donors (Lipinski definition) is 3. The zero-order chi connectivity index (χ0) is 59.9. The fourth-order valence-electron chi connectivity index (χ4n) is 11.9. The molecule has 0 aliphatic carbocycles. The predicted molar refractivity (Wildman–Crippen MR) is 366 cm³/mol. The second-order valence-electron chi connectivity index (χ2n) is 26.0. The van der Waals surface area contributed by atoms with Crippen molar-refractivity contribution in [1.29, 1.82) is 0 Å². The molecule has 0 heterocycles. The fourth-order valence-corrected chi connectivity index (χ4v) is 11.9. The van der Waals surface area contributed by atoms with E-state index in [1.807, 2.05) is 0 Å². The number of unbranched alkanes of at least 4 members (excludes halogenated alkanes) is 54. The molecule has 0 aliphatic rings. The lowest BCUT2D eigenvalue weighted by Gasteiger charge is -2.22. The van der Waals surface area contributed by atoms with Crippen LogP contribution < -0.4 is 5.32 Å². The van der Waals surface area contributed by atoms with Crippen molar-refractivity contribution in [1.82, 2.24) is 5.32 Å². The first kappa shape index (κ1) is 81.1. The van der Waals surface area contributed by atoms with E-state index in [-0.39, 0.29) is 18.5 Å². The van der Waals surface area contributed by atoms with Crippen LogP contribution in [-0.4, -0.2) is 47.4 Å². The standard InChI is InChI=1S/C77H147NO5/c1-3-5-7-9-11-13-15-17-19-20-35-39-43-47-51-55-59-63-67-71-77(82)83-72-68-64-60-56-52-48-44-40-37-34-32-30-28-26-24-22-21-23-25-27-29-31-33-36-38-42-46-50-54-58-62-66-70-76(81)78-74(73-79)75(80)69-65-61-57-53-49-45-41-18-16-14-12-10-8-6-4-2/h11,13,17,19,24,26,74-75,79-80H,3-10,12,14-16,18,20-23,25,27-73H2,1-2H3,(H,78,81)/b13-11-,19-17-,26-24-. The molecule has 0 aliphatic heterocycles. The summed E-state index contributed by atoms with van der Waals surface area (Å²) in [7, 11) is 0. The monoisotopic (exact) mass is 1170 g/mol. The van der Waals surface area contributed by atoms with E-state index in [1.54, 1.807) is 0 Å². The van der Waals surface area contributed by atoms with Gasteiger partial charge in [-0.25, -0.2) is 0 Å². The lowest BCUT2D eigenvalue weighted by molar-refractivity contribution is -0.143. The molecule has 2 unspecified atom stereocenters. The molecule has 0 rings (SSSR count). The fraction of sp³-hybridized carbons (Fsp3) is 0.896. The third-order valence-corrected chi connectivity index (χ3v) is 17.7. The summed E-state index contributed by atoms with van der Waals surface area (Å²) >= 11 is 0. The van der Waals surface area contributed by atoms with Crippen LogP contribution in [0.2, 0.25) is 0 Å². The molecule has 0 radical (unpaired) electrons. The topological polar surface area (TPSA) is 95.9 Å². The molecule has 6 nitrogen and oxygen atoms in total. The van der Waals surface area contributed by atoms with Gasteiger partial charge in [-0.2, -0.15) is 0 Å². The third kappa shape index (κ3) is 69.1. The minimum Gasteiger partial charge on any atom is -0.466 e. The largest absolute Gasteiger partial charge is 0.466 e. The average molecular weight is 1170 g/mol. The minimum atomic E-state index is -0.662. The Morgan fingerprint density at radius 1 is 0.337 bits per heavy atom. The van der Waals surface area contributed by atoms with Crippen LogP contribution in [0.3, 0.4) is 0 Å². The van der Waals surface area contributed by atoms with E-state index >= 15 is 0 Å². The van der Waals surface area contributed by atoms with E-state index in [9.17, 15) is 19.8 Å². The summed E-state index contributed by atoms with van der Waals surface area (Å²) in [6.07, 6.45) is 93.6. The summed E-state index contributed by atoms with van der Waals surface area (Å²) in [5, 5.41) is 23.3. The van der Waals surface area contributed by atoms with Crippen molar-refractivity contribution in [2.24, 2.45) is 0 Å². The molecule has 0 bridgehead atoms. The first-order chi connectivity index (χ1) is 41.0. The second-order valence-corrected chi connectivity index (χ2v) is 26.0. The number of aliphatic hydroxyl groups is 2. The van der Waals surface area contributed by atoms with Crippen LogP contribution in [0.1, 0.15) is 418 Å². The number of nitrogens with one attached hydrogen (secondary N) is 1. The maximum absolute atomic E-state index is 12.5. The molecule has 490 valence electrons. The lowest BCUT2D eigenvalue weighted by atomic mass is 10.0. The Hall–Kier alpha value is -1.92. The lowest BCUT2D eigenvalue weighted by Crippen LogP contribution is -2.45. The number of aliphatic hydroxyl groups excluding tert-OH is 2. The summed E-state index contributed by atoms with van der Waals surface area (Å²) in [4.78, 5) is 24.6. The Kier molecular flexibility index (Phi) is 70.9. The molecule has 6 heteroatoms. The van der Waals surface area contributed by atoms with Gasteiger partial charge < -0.3 is 20.3 Å². The zero-order valence-electron chi connectivity index (χ0n) is 56.2. The normalized spacial score (nSPS) is 12.7. The summed E-state index contributed by atoms with van der Waals surface area (Å²) < 4.78 is 5.51. The van der Waals surface area contributed by atoms with Crippen LogP contribution in [0.5, 0.6) is 0 Å². The maximum atomic E-state index is 12.5. The summed E-state index contributed by atoms with van der Waals surface area (Å²) in [5.41, 5.74) is 0. The molecule has 1 amide bonds. The van der Waals surface area contributed by atoms with Crippen LogP contribution in [0, 0.1) is 0 Å². The van der Waals surface area contributed by atoms with E-state index in [2.05, 4.69) is 55.6 Å². The molecule has 0 aromatic rings. The number of rotatable bonds is 71. The molecule has 83 heavy (non-hydrogen) atoms. The quantitative estimate of drug-likeness (QED) is 0.0320. The van der Waals surface area contributed by atoms with E-state index in [4.69, 9.17) is 4.74 Å². The van der Waals surface area contributed by atoms with Crippen LogP contribution in [-0.2, 0) is 14.3 Å². The van der Waals surface area contributed by atoms with Crippen molar-refractivity contribution in [3.05, 3.63) is 36.5 Å². The van der Waals surface area contributed by atoms with Crippen molar-refractivity contribution < 1.29 is 24.5 Å². The van der Waals surface area contributed by atoms with Crippen molar-refractivity contribution in [3.63, 3.8) is 0 Å². The molecular weight excluding hydrogens is 1020 g/mol. The predicted octanol–water partition coefficient (Wildman–Crippen LogP) is 24.7. The highest BCUT2D eigenvalue weighted by Gasteiger charge is 2.20. The number of ether oxygens (including phenoxy) is 1. The minimum absolute atomic E-state index is 0.0150. The van der Waals surface area contributed by atoms with Gasteiger partial charge in [-0.1, -0.05) is 359 Å². The Balaban J connectivity index is 3.34. The number of carbonyl (C=O) groups excluding carboxylic acids is 2. The van der Waals surface area contributed by atoms with Gasteiger partial charge in [-0.3, -0.25) is 9.59 Å². The summed E-state index contributed by atoms with van der Waals surface area (Å²) in [5.74, 6) is -0.0144. The van der Waals surface area contributed by atoms with Gasteiger partial charge in [-0.15, -0.1) is 0 Å². The molecule has 0 saturated carbocycles. The van der Waals surface area contributed by atoms with Gasteiger partial charge in [0.25, 0.3) is 0 Å². The van der Waals surface area contributed by atoms with Crippen molar-refractivity contribution in [2.75, 3.05) is 13.2 Å². The van der Waals surface area contributed by atoms with Crippen molar-refractivity contribution in [2.45, 2.75) is 431 Å². The smallest absolute Gasteiger partial charge is 0.305 e. The number of carbonyl (C=O) groups is 2. The number of allylic oxidation sites excluding steroid dienone is 6. The first-order valence-corrected chi connectivity index (χ1v) is 37.7. The molecule has 0 aromatic heterocycles. The van der Waals surface area contributed by atoms with Gasteiger partial charge in [-0.05, 0) is 83.5 Å². The Morgan fingerprint density at radius 2 is 0.602 bits per heavy atom. The SMILES string of the molecule is CCCCC/C=C\C/C=C\CCCCCCCCCCCC(=O)OCCCCCCCCCCCCCC/C=C\CCCCCCCCCCCCCCCCCCC(=O)NC(CO)C(O)CCCCCCCCCCCCCCCCC. The van der Waals surface area contributed by atoms with Gasteiger partial charge in [0.2, 0.25) is 5.91 Å². The van der Waals surface area contributed by atoms with Crippen LogP contribution >= 0.6 is 0 Å². The molecule has 0 spiro atoms. The molecule has 0 aromatic carbocycles. The van der Waals surface area contributed by atoms with E-state index in [0.717, 1.165) is 51.4 Å². The molecular formula is C77H147NO5. The summed E-state index contributed by atoms with van der Waals surface area (Å²) in [6, 6.07) is -0.539. The highest BCUT2D eigenvalue weighted by atomic mass is 16.5. The zero-order valence-corrected chi connectivity index (χ0v) is 56.2. The second kappa shape index (κ2) is 72.6. The van der Waals surface area contributed by atoms with Crippen LogP contribution in [0.15, 0.2) is 36.5 Å². The van der Waals surface area contributed by atoms with E-state index < -0.39 is 12.1 Å². The molecule has 3 N–H and O–H groups in total. The maximum Gasteiger partial charge on any atom is 0.305 e. The summed E-state index contributed by atoms with van der Waals surface area (Å²) in [6.45, 7) is 4.96. The Morgan fingerprint density at radius 3 is 0.952 bits per heavy atom. The molecule has 0 fully saturated rings. The van der Waals surface area contributed by atoms with Crippen LogP contribution in [0.4, 0.5) is 0 Å². The highest BCUT2D eigenvalue weighted by Crippen LogP contribution is 2.19.